The van der Waals surface area contributed by atoms with Crippen LogP contribution in [-0.2, 0) is 11.2 Å². The average molecular weight is 372 g/mol. The molecule has 1 aliphatic heterocycles. The summed E-state index contributed by atoms with van der Waals surface area (Å²) in [5.41, 5.74) is 4.43. The van der Waals surface area contributed by atoms with Gasteiger partial charge < -0.3 is 10.0 Å². The van der Waals surface area contributed by atoms with Crippen molar-refractivity contribution in [3.8, 4) is 11.3 Å². The molecule has 0 atom stereocenters. The molecular weight excluding hydrogens is 346 g/mol. The molecule has 26 heavy (non-hydrogen) atoms. The lowest BCUT2D eigenvalue weighted by Gasteiger charge is -2.25. The minimum Gasteiger partial charge on any atom is -0.396 e. The molecule has 1 fully saturated rings. The van der Waals surface area contributed by atoms with Gasteiger partial charge in [0.15, 0.2) is 0 Å². The van der Waals surface area contributed by atoms with E-state index in [1.807, 2.05) is 18.9 Å². The summed E-state index contributed by atoms with van der Waals surface area (Å²) in [5.74, 6) is 0.136. The zero-order valence-corrected chi connectivity index (χ0v) is 16.2. The summed E-state index contributed by atoms with van der Waals surface area (Å²) in [4.78, 5) is 21.3. The van der Waals surface area contributed by atoms with E-state index in [9.17, 15) is 9.90 Å². The molecule has 0 bridgehead atoms. The molecule has 0 saturated heterocycles. The number of amides is 1. The summed E-state index contributed by atoms with van der Waals surface area (Å²) in [6.07, 6.45) is 3.02. The molecule has 1 aliphatic carbocycles. The molecule has 5 nitrogen and oxygen atoms in total. The van der Waals surface area contributed by atoms with E-state index in [-0.39, 0.29) is 17.9 Å². The van der Waals surface area contributed by atoms with Gasteiger partial charge in [-0.2, -0.15) is 0 Å². The fraction of sp³-hybridized carbons (Fsp3) is 0.500. The van der Waals surface area contributed by atoms with Crippen molar-refractivity contribution in [2.45, 2.75) is 26.2 Å². The molecule has 4 rings (SSSR count). The maximum Gasteiger partial charge on any atom is 0.241 e. The Morgan fingerprint density at radius 3 is 2.88 bits per heavy atom. The Labute approximate surface area is 158 Å². The highest BCUT2D eigenvalue weighted by atomic mass is 32.1. The Balaban J connectivity index is 1.44. The lowest BCUT2D eigenvalue weighted by atomic mass is 10.1. The third kappa shape index (κ3) is 3.41. The predicted octanol–water partition coefficient (Wildman–Crippen LogP) is 2.71. The summed E-state index contributed by atoms with van der Waals surface area (Å²) in [7, 11) is 1.97. The molecule has 2 heterocycles. The second kappa shape index (κ2) is 6.76. The summed E-state index contributed by atoms with van der Waals surface area (Å²) >= 11 is 1.66. The SMILES string of the molecule is Cc1nc(-c2ccc3c(c2)CCN3C(=O)CN(C)CC2(CO)CC2)cs1. The number of anilines is 1. The molecule has 1 aromatic heterocycles. The number of carbonyl (C=O) groups is 1. The summed E-state index contributed by atoms with van der Waals surface area (Å²) in [5, 5.41) is 12.6. The number of nitrogens with zero attached hydrogens (tertiary/aromatic N) is 3. The van der Waals surface area contributed by atoms with Crippen LogP contribution in [-0.4, -0.2) is 54.2 Å². The van der Waals surface area contributed by atoms with E-state index in [0.717, 1.165) is 54.3 Å². The minimum absolute atomic E-state index is 0.0402. The van der Waals surface area contributed by atoms with Crippen LogP contribution in [0.4, 0.5) is 5.69 Å². The number of aromatic nitrogens is 1. The Kier molecular flexibility index (Phi) is 4.59. The van der Waals surface area contributed by atoms with Crippen molar-refractivity contribution in [3.63, 3.8) is 0 Å². The second-order valence-electron chi connectivity index (χ2n) is 7.72. The molecule has 6 heteroatoms. The minimum atomic E-state index is 0.0402. The lowest BCUT2D eigenvalue weighted by molar-refractivity contribution is -0.119. The molecule has 1 amide bonds. The number of rotatable bonds is 6. The van der Waals surface area contributed by atoms with E-state index < -0.39 is 0 Å². The van der Waals surface area contributed by atoms with Gasteiger partial charge in [0.1, 0.15) is 0 Å². The van der Waals surface area contributed by atoms with Gasteiger partial charge in [0.05, 0.1) is 17.2 Å². The second-order valence-corrected chi connectivity index (χ2v) is 8.78. The Bertz CT molecular complexity index is 828. The number of fused-ring (bicyclic) bond motifs is 1. The first-order valence-corrected chi connectivity index (χ1v) is 10.0. The zero-order chi connectivity index (χ0) is 18.3. The highest BCUT2D eigenvalue weighted by Gasteiger charge is 2.43. The van der Waals surface area contributed by atoms with Crippen LogP contribution in [0.1, 0.15) is 23.4 Å². The van der Waals surface area contributed by atoms with Crippen molar-refractivity contribution in [3.05, 3.63) is 34.2 Å². The van der Waals surface area contributed by atoms with Gasteiger partial charge >= 0.3 is 0 Å². The standard InChI is InChI=1S/C20H25N3O2S/c1-14-21-17(11-26-14)15-3-4-18-16(9-15)5-8-23(18)19(25)10-22(2)12-20(13-24)6-7-20/h3-4,9,11,24H,5-8,10,12-13H2,1-2H3. The van der Waals surface area contributed by atoms with Gasteiger partial charge in [0.2, 0.25) is 5.91 Å². The largest absolute Gasteiger partial charge is 0.396 e. The fourth-order valence-electron chi connectivity index (χ4n) is 3.80. The maximum atomic E-state index is 12.8. The van der Waals surface area contributed by atoms with E-state index in [0.29, 0.717) is 6.54 Å². The van der Waals surface area contributed by atoms with Crippen LogP contribution in [0.5, 0.6) is 0 Å². The average Bonchev–Trinajstić information content (AvgIpc) is 3.04. The fourth-order valence-corrected chi connectivity index (χ4v) is 4.43. The number of likely N-dealkylation sites (N-methyl/N-ethyl adjacent to an activating group) is 1. The monoisotopic (exact) mass is 371 g/mol. The molecular formula is C20H25N3O2S. The van der Waals surface area contributed by atoms with Crippen LogP contribution in [0, 0.1) is 12.3 Å². The Morgan fingerprint density at radius 1 is 1.42 bits per heavy atom. The highest BCUT2D eigenvalue weighted by molar-refractivity contribution is 7.09. The summed E-state index contributed by atoms with van der Waals surface area (Å²) < 4.78 is 0. The summed E-state index contributed by atoms with van der Waals surface area (Å²) in [6, 6.07) is 6.29. The number of hydrogen-bond acceptors (Lipinski definition) is 5. The van der Waals surface area contributed by atoms with Crippen LogP contribution in [0.3, 0.4) is 0 Å². The van der Waals surface area contributed by atoms with Gasteiger partial charge in [-0.25, -0.2) is 4.98 Å². The van der Waals surface area contributed by atoms with Crippen LogP contribution < -0.4 is 4.90 Å². The number of aliphatic hydroxyl groups is 1. The molecule has 0 radical (unpaired) electrons. The van der Waals surface area contributed by atoms with Crippen molar-refractivity contribution in [2.75, 3.05) is 38.2 Å². The van der Waals surface area contributed by atoms with Gasteiger partial charge in [0.25, 0.3) is 0 Å². The normalized spacial score (nSPS) is 17.6. The zero-order valence-electron chi connectivity index (χ0n) is 15.4. The lowest BCUT2D eigenvalue weighted by Crippen LogP contribution is -2.40. The first-order valence-electron chi connectivity index (χ1n) is 9.15. The molecule has 1 aromatic carbocycles. The number of aliphatic hydroxyl groups excluding tert-OH is 1. The van der Waals surface area contributed by atoms with Crippen molar-refractivity contribution in [1.29, 1.82) is 0 Å². The third-order valence-electron chi connectivity index (χ3n) is 5.49. The van der Waals surface area contributed by atoms with Crippen molar-refractivity contribution >= 4 is 22.9 Å². The molecule has 1 saturated carbocycles. The Hall–Kier alpha value is -1.76. The number of thiazole rings is 1. The maximum absolute atomic E-state index is 12.8. The van der Waals surface area contributed by atoms with Crippen LogP contribution in [0.2, 0.25) is 0 Å². The van der Waals surface area contributed by atoms with E-state index in [2.05, 4.69) is 33.5 Å². The molecule has 0 spiro atoms. The first kappa shape index (κ1) is 17.6. The van der Waals surface area contributed by atoms with Crippen LogP contribution >= 0.6 is 11.3 Å². The van der Waals surface area contributed by atoms with Gasteiger partial charge in [-0.15, -0.1) is 11.3 Å². The molecule has 1 N–H and O–H groups in total. The number of aryl methyl sites for hydroxylation is 1. The van der Waals surface area contributed by atoms with E-state index in [1.54, 1.807) is 11.3 Å². The van der Waals surface area contributed by atoms with E-state index in [4.69, 9.17) is 0 Å². The van der Waals surface area contributed by atoms with Gasteiger partial charge in [-0.05, 0) is 50.9 Å². The van der Waals surface area contributed by atoms with Gasteiger partial charge in [0, 0.05) is 41.7 Å². The molecule has 0 unspecified atom stereocenters. The highest BCUT2D eigenvalue weighted by Crippen LogP contribution is 2.45. The van der Waals surface area contributed by atoms with Crippen molar-refractivity contribution in [2.24, 2.45) is 5.41 Å². The van der Waals surface area contributed by atoms with Gasteiger partial charge in [-0.1, -0.05) is 6.07 Å². The van der Waals surface area contributed by atoms with Crippen LogP contribution in [0.25, 0.3) is 11.3 Å². The number of hydrogen-bond donors (Lipinski definition) is 1. The number of carbonyl (C=O) groups excluding carboxylic acids is 1. The topological polar surface area (TPSA) is 56.7 Å². The van der Waals surface area contributed by atoms with Crippen molar-refractivity contribution in [1.82, 2.24) is 9.88 Å². The van der Waals surface area contributed by atoms with Gasteiger partial charge in [-0.3, -0.25) is 9.69 Å². The molecule has 2 aromatic rings. The predicted molar refractivity (Wildman–Crippen MR) is 105 cm³/mol. The quantitative estimate of drug-likeness (QED) is 0.848. The molecule has 2 aliphatic rings. The first-order chi connectivity index (χ1) is 12.5. The van der Waals surface area contributed by atoms with Crippen molar-refractivity contribution < 1.29 is 9.90 Å². The Morgan fingerprint density at radius 2 is 2.23 bits per heavy atom. The van der Waals surface area contributed by atoms with E-state index in [1.165, 1.54) is 5.56 Å². The third-order valence-corrected chi connectivity index (χ3v) is 6.27. The van der Waals surface area contributed by atoms with E-state index >= 15 is 0 Å². The molecule has 138 valence electrons. The number of benzene rings is 1. The van der Waals surface area contributed by atoms with Crippen LogP contribution in [0.15, 0.2) is 23.6 Å². The smallest absolute Gasteiger partial charge is 0.241 e. The summed E-state index contributed by atoms with van der Waals surface area (Å²) in [6.45, 7) is 4.16.